The fourth-order valence-electron chi connectivity index (χ4n) is 10.3. The van der Waals surface area contributed by atoms with Crippen LogP contribution in [-0.4, -0.2) is 223 Å². The third-order valence-corrected chi connectivity index (χ3v) is 14.8. The molecule has 3 amide bonds. The van der Waals surface area contributed by atoms with Crippen molar-refractivity contribution in [3.63, 3.8) is 0 Å². The van der Waals surface area contributed by atoms with Crippen LogP contribution in [0.25, 0.3) is 22.5 Å². The SMILES string of the molecule is CN(C)CCNC(=O)c1ccc(NC(=O)CCCCC(=O)N2Cc3ccccc3-c3nnn(CCCCNC(=S)Nc4ccc(CC5CN(CC(=O)O)CCN(CC(=O)O)CCN(CC(=O)O)CCN5CC(=O)O)cc4)c3-c3ccccc32)cn1.[177Lu]. The van der Waals surface area contributed by atoms with Gasteiger partial charge in [0.2, 0.25) is 11.8 Å². The molecule has 27 heteroatoms. The molecule has 1 atom stereocenters. The van der Waals surface area contributed by atoms with Gasteiger partial charge in [0, 0.05) is 145 Å². The van der Waals surface area contributed by atoms with Crippen molar-refractivity contribution in [3.05, 3.63) is 108 Å². The van der Waals surface area contributed by atoms with E-state index in [1.165, 1.54) is 6.20 Å². The van der Waals surface area contributed by atoms with E-state index in [9.17, 15) is 54.0 Å². The number of hydrogen-bond donors (Lipinski definition) is 8. The topological polar surface area (TPSA) is 312 Å². The fraction of sp³-hybridized carbons (Fsp3) is 0.441. The molecule has 1 radical (unpaired) electrons. The Labute approximate surface area is 534 Å². The predicted molar refractivity (Wildman–Crippen MR) is 323 cm³/mol. The molecule has 25 nitrogen and oxygen atoms in total. The number of amides is 3. The number of carbonyl (C=O) groups is 7. The molecule has 0 spiro atoms. The Morgan fingerprint density at radius 2 is 1.27 bits per heavy atom. The van der Waals surface area contributed by atoms with Gasteiger partial charge in [0.15, 0.2) is 5.11 Å². The monoisotopic (exact) mass is 1370 g/mol. The van der Waals surface area contributed by atoms with Crippen LogP contribution in [0, 0.1) is 36.9 Å². The number of nitrogens with one attached hydrogen (secondary N) is 4. The van der Waals surface area contributed by atoms with Crippen LogP contribution in [0.5, 0.6) is 0 Å². The molecule has 2 aliphatic rings. The third-order valence-electron chi connectivity index (χ3n) is 14.6. The molecule has 5 aromatic rings. The number of thiocarbonyl (C=S) groups is 1. The van der Waals surface area contributed by atoms with Crippen LogP contribution in [0.15, 0.2) is 91.1 Å². The number of fused-ring (bicyclic) bond motifs is 5. The summed E-state index contributed by atoms with van der Waals surface area (Å²) in [5.74, 6) is -4.91. The van der Waals surface area contributed by atoms with Gasteiger partial charge < -0.3 is 51.5 Å². The smallest absolute Gasteiger partial charge is 0.317 e. The third kappa shape index (κ3) is 21.4. The number of pyridine rings is 1. The summed E-state index contributed by atoms with van der Waals surface area (Å²) in [6.07, 6.45) is 4.58. The molecule has 7 rings (SSSR count). The second-order valence-corrected chi connectivity index (χ2v) is 21.8. The van der Waals surface area contributed by atoms with Gasteiger partial charge in [-0.25, -0.2) is 9.67 Å². The standard InChI is InChI=1S/C59H76N14O11S.Lu/c1-67(2)26-24-60-58(84)48-22-21-44(34-62-48)63-50(74)15-7-8-16-51(75)72-35-42-11-3-4-12-46(42)56-57(47-13-5-6-14-49(47)72)73(66-65-56)25-10-9-23-61-59(85)64-43-19-17-41(18-20-43)33-45-36-70(39-54(80)81)30-29-68(37-52(76)77)27-28-69(38-53(78)79)31-32-71(45)40-55(82)83;/h3-6,11-14,17-22,34,45H,7-10,15-16,23-33,35-40H2,1-2H3,(H,60,84)(H,63,74)(H,76,77)(H,78,79)(H,80,81)(H,82,83)(H2,61,64,85);/i;1+2. The minimum absolute atomic E-state index is 0. The van der Waals surface area contributed by atoms with E-state index >= 15 is 0 Å². The van der Waals surface area contributed by atoms with Crippen molar-refractivity contribution in [2.45, 2.75) is 64.1 Å². The second kappa shape index (κ2) is 34.3. The van der Waals surface area contributed by atoms with Gasteiger partial charge in [-0.15, -0.1) is 5.10 Å². The molecule has 0 bridgehead atoms. The molecular weight excluding hydrogens is 1290 g/mol. The quantitative estimate of drug-likeness (QED) is 0.0290. The van der Waals surface area contributed by atoms with Gasteiger partial charge in [0.1, 0.15) is 11.4 Å². The molecule has 2 aromatic heterocycles. The predicted octanol–water partition coefficient (Wildman–Crippen LogP) is 3.58. The summed E-state index contributed by atoms with van der Waals surface area (Å²) in [5, 5.41) is 60.9. The van der Waals surface area contributed by atoms with E-state index in [4.69, 9.17) is 17.3 Å². The molecule has 86 heavy (non-hydrogen) atoms. The first-order valence-electron chi connectivity index (χ1n) is 28.4. The molecule has 469 valence electrons. The molecule has 1 unspecified atom stereocenters. The molecule has 0 saturated carbocycles. The first kappa shape index (κ1) is 68.1. The number of carboxylic acids is 4. The van der Waals surface area contributed by atoms with Crippen molar-refractivity contribution in [3.8, 4) is 22.5 Å². The summed E-state index contributed by atoms with van der Waals surface area (Å²) in [6, 6.07) is 25.8. The average Bonchev–Trinajstić information content (AvgIpc) is 1.59. The van der Waals surface area contributed by atoms with E-state index in [1.807, 2.05) is 96.5 Å². The Morgan fingerprint density at radius 3 is 1.93 bits per heavy atom. The fourth-order valence-corrected chi connectivity index (χ4v) is 10.5. The van der Waals surface area contributed by atoms with Gasteiger partial charge in [0.05, 0.1) is 56.0 Å². The Kier molecular flexibility index (Phi) is 27.2. The number of aryl methyl sites for hydroxylation is 1. The summed E-state index contributed by atoms with van der Waals surface area (Å²) >= 11 is 5.68. The summed E-state index contributed by atoms with van der Waals surface area (Å²) in [4.78, 5) is 102. The largest absolute Gasteiger partial charge is 0.480 e. The molecule has 1 saturated heterocycles. The van der Waals surface area contributed by atoms with Crippen molar-refractivity contribution < 1.29 is 90.9 Å². The average molecular weight is 1370 g/mol. The minimum atomic E-state index is -1.09. The molecule has 0 aliphatic carbocycles. The number of carboxylic acid groups (broad SMARTS) is 4. The van der Waals surface area contributed by atoms with Crippen molar-refractivity contribution in [2.75, 3.05) is 121 Å². The number of nitrogens with zero attached hydrogens (tertiary/aromatic N) is 10. The number of unbranched alkanes of at least 4 members (excludes halogenated alkanes) is 2. The number of para-hydroxylation sites is 1. The van der Waals surface area contributed by atoms with Gasteiger partial charge in [0.25, 0.3) is 5.91 Å². The second-order valence-electron chi connectivity index (χ2n) is 21.4. The normalized spacial score (nSPS) is 15.2. The van der Waals surface area contributed by atoms with Crippen molar-refractivity contribution in [2.24, 2.45) is 0 Å². The molecule has 3 aromatic carbocycles. The summed E-state index contributed by atoms with van der Waals surface area (Å²) in [6.45, 7) is 2.55. The Hall–Kier alpha value is -7.04. The van der Waals surface area contributed by atoms with E-state index in [-0.39, 0.29) is 145 Å². The van der Waals surface area contributed by atoms with Crippen molar-refractivity contribution in [1.29, 1.82) is 0 Å². The summed E-state index contributed by atoms with van der Waals surface area (Å²) < 4.78 is 1.89. The summed E-state index contributed by atoms with van der Waals surface area (Å²) in [7, 11) is 3.84. The van der Waals surface area contributed by atoms with Crippen LogP contribution in [0.4, 0.5) is 17.1 Å². The summed E-state index contributed by atoms with van der Waals surface area (Å²) in [5.41, 5.74) is 7.13. The Balaban J connectivity index is 0.0000118. The van der Waals surface area contributed by atoms with Gasteiger partial charge in [-0.3, -0.25) is 53.2 Å². The zero-order valence-electron chi connectivity index (χ0n) is 48.3. The zero-order chi connectivity index (χ0) is 60.8. The van der Waals surface area contributed by atoms with E-state index in [0.717, 1.165) is 39.3 Å². The Bertz CT molecular complexity index is 3120. The van der Waals surface area contributed by atoms with E-state index in [0.29, 0.717) is 81.3 Å². The van der Waals surface area contributed by atoms with Gasteiger partial charge in [-0.2, -0.15) is 0 Å². The minimum Gasteiger partial charge on any atom is -0.480 e. The van der Waals surface area contributed by atoms with Crippen molar-refractivity contribution >= 4 is 76.0 Å². The Morgan fingerprint density at radius 1 is 0.651 bits per heavy atom. The number of rotatable bonds is 26. The number of anilines is 3. The number of likely N-dealkylation sites (N-methyl/N-ethyl adjacent to an activating group) is 1. The van der Waals surface area contributed by atoms with E-state index in [1.54, 1.807) is 36.6 Å². The maximum atomic E-state index is 14.2. The van der Waals surface area contributed by atoms with Crippen LogP contribution in [0.2, 0.25) is 0 Å². The van der Waals surface area contributed by atoms with Gasteiger partial charge in [-0.05, 0) is 99.9 Å². The van der Waals surface area contributed by atoms with Crippen LogP contribution >= 0.6 is 12.2 Å². The van der Waals surface area contributed by atoms with E-state index < -0.39 is 29.9 Å². The molecule has 1 fully saturated rings. The maximum absolute atomic E-state index is 14.2. The maximum Gasteiger partial charge on any atom is 0.317 e. The molecule has 4 heterocycles. The van der Waals surface area contributed by atoms with Crippen LogP contribution < -0.4 is 26.2 Å². The van der Waals surface area contributed by atoms with Crippen LogP contribution in [0.1, 0.15) is 60.1 Å². The van der Waals surface area contributed by atoms with Gasteiger partial charge >= 0.3 is 23.9 Å². The van der Waals surface area contributed by atoms with Gasteiger partial charge in [-0.1, -0.05) is 59.8 Å². The first-order valence-corrected chi connectivity index (χ1v) is 28.8. The number of hydrogen-bond acceptors (Lipinski definition) is 16. The first-order chi connectivity index (χ1) is 40.9. The number of aromatic nitrogens is 4. The van der Waals surface area contributed by atoms with Crippen LogP contribution in [0.3, 0.4) is 0 Å². The molecular formula is C59H76LuN14O11S. The van der Waals surface area contributed by atoms with Crippen molar-refractivity contribution in [1.82, 2.24) is 55.1 Å². The number of carbonyl (C=O) groups excluding carboxylic acids is 3. The zero-order valence-corrected chi connectivity index (χ0v) is 50.8. The van der Waals surface area contributed by atoms with Crippen LogP contribution in [-0.2, 0) is 48.3 Å². The number of benzene rings is 3. The van der Waals surface area contributed by atoms with E-state index in [2.05, 4.69) is 31.5 Å². The molecule has 2 aliphatic heterocycles. The molecule has 8 N–H and O–H groups in total. The number of aliphatic carboxylic acids is 4.